The van der Waals surface area contributed by atoms with Crippen molar-refractivity contribution in [1.82, 2.24) is 4.90 Å². The molecule has 1 aromatic rings. The third-order valence-corrected chi connectivity index (χ3v) is 6.24. The summed E-state index contributed by atoms with van der Waals surface area (Å²) in [6.07, 6.45) is 6.07. The first-order valence-corrected chi connectivity index (χ1v) is 8.95. The van der Waals surface area contributed by atoms with Crippen LogP contribution in [0.1, 0.15) is 38.5 Å². The zero-order valence-corrected chi connectivity index (χ0v) is 12.5. The molecule has 0 aliphatic carbocycles. The van der Waals surface area contributed by atoms with E-state index < -0.39 is 9.84 Å². The fourth-order valence-electron chi connectivity index (χ4n) is 3.23. The molecule has 0 amide bonds. The van der Waals surface area contributed by atoms with Crippen LogP contribution < -0.4 is 0 Å². The Balaban J connectivity index is 2.06. The number of nitrogens with zero attached hydrogens (tertiary/aromatic N) is 1. The Kier molecular flexibility index (Phi) is 3.83. The lowest BCUT2D eigenvalue weighted by Gasteiger charge is -2.32. The van der Waals surface area contributed by atoms with Gasteiger partial charge in [0.25, 0.3) is 0 Å². The van der Waals surface area contributed by atoms with Gasteiger partial charge in [-0.1, -0.05) is 24.6 Å². The maximum absolute atomic E-state index is 12.9. The molecule has 1 saturated heterocycles. The highest BCUT2D eigenvalue weighted by atomic mass is 32.2. The van der Waals surface area contributed by atoms with Crippen LogP contribution in [-0.4, -0.2) is 26.4 Å². The lowest BCUT2D eigenvalue weighted by atomic mass is 10.1. The van der Waals surface area contributed by atoms with E-state index in [2.05, 4.69) is 4.90 Å². The van der Waals surface area contributed by atoms with Gasteiger partial charge in [0.2, 0.25) is 9.84 Å². The fraction of sp³-hybridized carbons (Fsp3) is 0.500. The molecular weight excluding hydrogens is 270 g/mol. The second-order valence-electron chi connectivity index (χ2n) is 5.59. The highest BCUT2D eigenvalue weighted by molar-refractivity contribution is 7.95. The standard InChI is InChI=1S/C16H21NO2S/c18-20(19,14-8-3-1-4-9-14)16-11-7-13-17-12-6-2-5-10-15(16)17/h1,3-4,8-9H,2,5-7,10-13H2. The molecule has 2 heterocycles. The number of hydrogen-bond donors (Lipinski definition) is 0. The SMILES string of the molecule is O=S(=O)(C1=C2CCCCCN2CCC1)c1ccccc1. The maximum Gasteiger partial charge on any atom is 0.204 e. The van der Waals surface area contributed by atoms with E-state index >= 15 is 0 Å². The van der Waals surface area contributed by atoms with E-state index in [4.69, 9.17) is 0 Å². The van der Waals surface area contributed by atoms with Crippen LogP contribution in [0.5, 0.6) is 0 Å². The Bertz CT molecular complexity index is 605. The molecule has 1 fully saturated rings. The van der Waals surface area contributed by atoms with Gasteiger partial charge in [0.15, 0.2) is 0 Å². The molecule has 0 bridgehead atoms. The van der Waals surface area contributed by atoms with Crippen LogP contribution in [0.4, 0.5) is 0 Å². The smallest absolute Gasteiger partial charge is 0.204 e. The van der Waals surface area contributed by atoms with E-state index in [0.717, 1.165) is 38.0 Å². The minimum Gasteiger partial charge on any atom is -0.374 e. The predicted octanol–water partition coefficient (Wildman–Crippen LogP) is 3.34. The maximum atomic E-state index is 12.9. The van der Waals surface area contributed by atoms with E-state index in [-0.39, 0.29) is 0 Å². The molecule has 0 aromatic heterocycles. The molecule has 4 heteroatoms. The number of sulfone groups is 1. The van der Waals surface area contributed by atoms with E-state index in [1.54, 1.807) is 24.3 Å². The summed E-state index contributed by atoms with van der Waals surface area (Å²) in [5.41, 5.74) is 1.10. The zero-order valence-electron chi connectivity index (χ0n) is 11.7. The summed E-state index contributed by atoms with van der Waals surface area (Å²) in [6, 6.07) is 8.87. The first-order valence-electron chi connectivity index (χ1n) is 7.47. The molecule has 3 rings (SSSR count). The van der Waals surface area contributed by atoms with E-state index in [0.29, 0.717) is 16.2 Å². The van der Waals surface area contributed by atoms with Crippen LogP contribution in [0, 0.1) is 0 Å². The Morgan fingerprint density at radius 2 is 1.60 bits per heavy atom. The molecule has 0 radical (unpaired) electrons. The van der Waals surface area contributed by atoms with Crippen molar-refractivity contribution < 1.29 is 8.42 Å². The van der Waals surface area contributed by atoms with E-state index in [9.17, 15) is 8.42 Å². The number of benzene rings is 1. The van der Waals surface area contributed by atoms with E-state index in [1.165, 1.54) is 12.8 Å². The second kappa shape index (κ2) is 5.60. The summed E-state index contributed by atoms with van der Waals surface area (Å²) in [5, 5.41) is 0. The molecule has 108 valence electrons. The molecule has 0 saturated carbocycles. The average Bonchev–Trinajstić information content (AvgIpc) is 2.73. The Morgan fingerprint density at radius 1 is 0.850 bits per heavy atom. The predicted molar refractivity (Wildman–Crippen MR) is 79.9 cm³/mol. The molecule has 0 N–H and O–H groups in total. The second-order valence-corrected chi connectivity index (χ2v) is 7.56. The number of fused-ring (bicyclic) bond motifs is 1. The van der Waals surface area contributed by atoms with Gasteiger partial charge in [-0.2, -0.15) is 0 Å². The van der Waals surface area contributed by atoms with Gasteiger partial charge in [0.1, 0.15) is 0 Å². The van der Waals surface area contributed by atoms with Crippen molar-refractivity contribution in [2.45, 2.75) is 43.4 Å². The van der Waals surface area contributed by atoms with Gasteiger partial charge in [-0.05, 0) is 44.2 Å². The van der Waals surface area contributed by atoms with Crippen molar-refractivity contribution in [2.24, 2.45) is 0 Å². The zero-order chi connectivity index (χ0) is 14.0. The quantitative estimate of drug-likeness (QED) is 0.838. The molecule has 0 spiro atoms. The lowest BCUT2D eigenvalue weighted by molar-refractivity contribution is 0.320. The molecule has 2 aliphatic rings. The summed E-state index contributed by atoms with van der Waals surface area (Å²) in [6.45, 7) is 2.03. The lowest BCUT2D eigenvalue weighted by Crippen LogP contribution is -2.30. The van der Waals surface area contributed by atoms with Gasteiger partial charge >= 0.3 is 0 Å². The summed E-state index contributed by atoms with van der Waals surface area (Å²) >= 11 is 0. The monoisotopic (exact) mass is 291 g/mol. The highest BCUT2D eigenvalue weighted by Crippen LogP contribution is 2.35. The van der Waals surface area contributed by atoms with Gasteiger partial charge in [0.05, 0.1) is 9.80 Å². The Labute approximate surface area is 121 Å². The van der Waals surface area contributed by atoms with Crippen molar-refractivity contribution in [3.8, 4) is 0 Å². The van der Waals surface area contributed by atoms with E-state index in [1.807, 2.05) is 6.07 Å². The van der Waals surface area contributed by atoms with Crippen molar-refractivity contribution in [3.05, 3.63) is 40.9 Å². The Hall–Kier alpha value is -1.29. The molecule has 3 nitrogen and oxygen atoms in total. The van der Waals surface area contributed by atoms with Crippen LogP contribution in [0.25, 0.3) is 0 Å². The molecule has 20 heavy (non-hydrogen) atoms. The number of rotatable bonds is 2. The summed E-state index contributed by atoms with van der Waals surface area (Å²) in [5.74, 6) is 0. The highest BCUT2D eigenvalue weighted by Gasteiger charge is 2.30. The van der Waals surface area contributed by atoms with Crippen molar-refractivity contribution in [1.29, 1.82) is 0 Å². The molecular formula is C16H21NO2S. The van der Waals surface area contributed by atoms with Crippen LogP contribution in [0.2, 0.25) is 0 Å². The molecule has 0 unspecified atom stereocenters. The number of hydrogen-bond acceptors (Lipinski definition) is 3. The fourth-order valence-corrected chi connectivity index (χ4v) is 4.99. The van der Waals surface area contributed by atoms with Gasteiger partial charge < -0.3 is 4.90 Å². The molecule has 0 atom stereocenters. The van der Waals surface area contributed by atoms with Crippen molar-refractivity contribution >= 4 is 9.84 Å². The average molecular weight is 291 g/mol. The number of allylic oxidation sites excluding steroid dienone is 2. The summed E-state index contributed by atoms with van der Waals surface area (Å²) < 4.78 is 25.7. The normalized spacial score (nSPS) is 20.5. The first kappa shape index (κ1) is 13.7. The minimum absolute atomic E-state index is 0.439. The van der Waals surface area contributed by atoms with Gasteiger partial charge in [-0.15, -0.1) is 0 Å². The minimum atomic E-state index is -3.31. The van der Waals surface area contributed by atoms with Crippen molar-refractivity contribution in [2.75, 3.05) is 13.1 Å². The van der Waals surface area contributed by atoms with Gasteiger partial charge in [-0.25, -0.2) is 8.42 Å². The van der Waals surface area contributed by atoms with Gasteiger partial charge in [0, 0.05) is 18.8 Å². The van der Waals surface area contributed by atoms with Gasteiger partial charge in [-0.3, -0.25) is 0 Å². The van der Waals surface area contributed by atoms with Crippen LogP contribution in [0.15, 0.2) is 45.8 Å². The van der Waals surface area contributed by atoms with Crippen LogP contribution in [-0.2, 0) is 9.84 Å². The third-order valence-electron chi connectivity index (χ3n) is 4.25. The molecule has 2 aliphatic heterocycles. The Morgan fingerprint density at radius 3 is 2.40 bits per heavy atom. The summed E-state index contributed by atoms with van der Waals surface area (Å²) in [7, 11) is -3.31. The largest absolute Gasteiger partial charge is 0.374 e. The summed E-state index contributed by atoms with van der Waals surface area (Å²) in [4.78, 5) is 3.43. The van der Waals surface area contributed by atoms with Crippen molar-refractivity contribution in [3.63, 3.8) is 0 Å². The first-order chi connectivity index (χ1) is 9.69. The topological polar surface area (TPSA) is 37.4 Å². The molecule has 1 aromatic carbocycles. The van der Waals surface area contributed by atoms with Crippen LogP contribution in [0.3, 0.4) is 0 Å². The third kappa shape index (κ3) is 2.49. The van der Waals surface area contributed by atoms with Crippen LogP contribution >= 0.6 is 0 Å².